The van der Waals surface area contributed by atoms with Crippen LogP contribution >= 0.6 is 11.8 Å². The summed E-state index contributed by atoms with van der Waals surface area (Å²) in [4.78, 5) is 25.2. The second-order valence-electron chi connectivity index (χ2n) is 5.48. The minimum Gasteiger partial charge on any atom is -0.335 e. The number of carbonyl (C=O) groups excluding carboxylic acids is 2. The summed E-state index contributed by atoms with van der Waals surface area (Å²) in [6.45, 7) is 6.55. The van der Waals surface area contributed by atoms with E-state index >= 15 is 0 Å². The van der Waals surface area contributed by atoms with Crippen molar-refractivity contribution in [2.75, 3.05) is 17.6 Å². The molecule has 0 spiro atoms. The number of hydrogen-bond donors (Lipinski definition) is 1. The standard InChI is InChI=1S/C17H22N2O2S/c1-12-13(2)22-11-10-19(12)17(21)9-6-15-4-7-16(8-5-15)18-14(3)20/h4-9,12-13H,10-11H2,1-3H3,(H,18,20)/b9-6+/t12-,13+/m1/s1. The third kappa shape index (κ3) is 4.37. The Bertz CT molecular complexity index is 569. The molecule has 1 aromatic carbocycles. The van der Waals surface area contributed by atoms with Crippen LogP contribution in [0.3, 0.4) is 0 Å². The molecule has 0 bridgehead atoms. The van der Waals surface area contributed by atoms with E-state index in [9.17, 15) is 9.59 Å². The number of hydrogen-bond acceptors (Lipinski definition) is 3. The number of nitrogens with zero attached hydrogens (tertiary/aromatic N) is 1. The fraction of sp³-hybridized carbons (Fsp3) is 0.412. The average Bonchev–Trinajstić information content (AvgIpc) is 2.48. The van der Waals surface area contributed by atoms with Gasteiger partial charge in [-0.05, 0) is 30.7 Å². The highest BCUT2D eigenvalue weighted by molar-refractivity contribution is 8.00. The number of benzene rings is 1. The van der Waals surface area contributed by atoms with Crippen LogP contribution in [-0.2, 0) is 9.59 Å². The van der Waals surface area contributed by atoms with Crippen LogP contribution in [0.5, 0.6) is 0 Å². The SMILES string of the molecule is CC(=O)Nc1ccc(/C=C/C(=O)N2CCS[C@@H](C)[C@H]2C)cc1. The molecule has 4 nitrogen and oxygen atoms in total. The van der Waals surface area contributed by atoms with E-state index in [1.807, 2.05) is 47.0 Å². The van der Waals surface area contributed by atoms with Gasteiger partial charge < -0.3 is 10.2 Å². The summed E-state index contributed by atoms with van der Waals surface area (Å²) in [5.74, 6) is 0.964. The second-order valence-corrected chi connectivity index (χ2v) is 6.97. The van der Waals surface area contributed by atoms with E-state index in [0.29, 0.717) is 5.25 Å². The van der Waals surface area contributed by atoms with Crippen LogP contribution in [-0.4, -0.2) is 40.3 Å². The lowest BCUT2D eigenvalue weighted by atomic mass is 10.1. The Labute approximate surface area is 136 Å². The lowest BCUT2D eigenvalue weighted by Gasteiger charge is -2.36. The number of anilines is 1. The Balaban J connectivity index is 1.98. The van der Waals surface area contributed by atoms with Crippen LogP contribution in [0.25, 0.3) is 6.08 Å². The van der Waals surface area contributed by atoms with Crippen molar-refractivity contribution >= 4 is 35.3 Å². The van der Waals surface area contributed by atoms with Crippen LogP contribution in [0.2, 0.25) is 0 Å². The smallest absolute Gasteiger partial charge is 0.246 e. The van der Waals surface area contributed by atoms with Crippen molar-refractivity contribution in [1.29, 1.82) is 0 Å². The molecule has 2 atom stereocenters. The maximum Gasteiger partial charge on any atom is 0.246 e. The molecule has 1 N–H and O–H groups in total. The highest BCUT2D eigenvalue weighted by Crippen LogP contribution is 2.24. The van der Waals surface area contributed by atoms with Crippen LogP contribution in [0.1, 0.15) is 26.3 Å². The molecule has 1 heterocycles. The van der Waals surface area contributed by atoms with Crippen LogP contribution in [0.15, 0.2) is 30.3 Å². The highest BCUT2D eigenvalue weighted by Gasteiger charge is 2.27. The number of thioether (sulfide) groups is 1. The lowest BCUT2D eigenvalue weighted by molar-refractivity contribution is -0.127. The van der Waals surface area contributed by atoms with Crippen LogP contribution in [0, 0.1) is 0 Å². The van der Waals surface area contributed by atoms with Gasteiger partial charge in [-0.1, -0.05) is 19.1 Å². The van der Waals surface area contributed by atoms with Gasteiger partial charge in [-0.3, -0.25) is 9.59 Å². The molecule has 0 radical (unpaired) electrons. The minimum atomic E-state index is -0.0930. The van der Waals surface area contributed by atoms with Gasteiger partial charge in [-0.2, -0.15) is 11.8 Å². The molecule has 2 rings (SSSR count). The molecule has 5 heteroatoms. The van der Waals surface area contributed by atoms with Crippen molar-refractivity contribution in [2.24, 2.45) is 0 Å². The van der Waals surface area contributed by atoms with E-state index in [1.165, 1.54) is 6.92 Å². The monoisotopic (exact) mass is 318 g/mol. The molecule has 22 heavy (non-hydrogen) atoms. The number of nitrogens with one attached hydrogen (secondary N) is 1. The molecule has 0 aliphatic carbocycles. The second kappa shape index (κ2) is 7.49. The topological polar surface area (TPSA) is 49.4 Å². The van der Waals surface area contributed by atoms with Gasteiger partial charge in [-0.15, -0.1) is 0 Å². The van der Waals surface area contributed by atoms with Gasteiger partial charge in [0.05, 0.1) is 0 Å². The molecular formula is C17H22N2O2S. The Morgan fingerprint density at radius 3 is 2.59 bits per heavy atom. The fourth-order valence-electron chi connectivity index (χ4n) is 2.39. The quantitative estimate of drug-likeness (QED) is 0.872. The molecule has 0 aromatic heterocycles. The molecule has 0 unspecified atom stereocenters. The van der Waals surface area contributed by atoms with Gasteiger partial charge in [0.25, 0.3) is 0 Å². The van der Waals surface area contributed by atoms with Gasteiger partial charge in [0.15, 0.2) is 0 Å². The number of rotatable bonds is 3. The summed E-state index contributed by atoms with van der Waals surface area (Å²) >= 11 is 1.92. The van der Waals surface area contributed by atoms with Crippen LogP contribution < -0.4 is 5.32 Å². The molecule has 2 amide bonds. The number of amides is 2. The third-order valence-corrected chi connectivity index (χ3v) is 5.15. The first-order valence-electron chi connectivity index (χ1n) is 7.45. The predicted molar refractivity (Wildman–Crippen MR) is 92.9 cm³/mol. The molecule has 1 aliphatic rings. The Kier molecular flexibility index (Phi) is 5.66. The average molecular weight is 318 g/mol. The van der Waals surface area contributed by atoms with Gasteiger partial charge in [0.1, 0.15) is 0 Å². The largest absolute Gasteiger partial charge is 0.335 e. The third-order valence-electron chi connectivity index (χ3n) is 3.82. The highest BCUT2D eigenvalue weighted by atomic mass is 32.2. The molecule has 1 saturated heterocycles. The van der Waals surface area contributed by atoms with Gasteiger partial charge in [0, 0.05) is 42.3 Å². The van der Waals surface area contributed by atoms with Crippen molar-refractivity contribution in [3.05, 3.63) is 35.9 Å². The molecule has 1 fully saturated rings. The van der Waals surface area contributed by atoms with E-state index in [0.717, 1.165) is 23.5 Å². The fourth-order valence-corrected chi connectivity index (χ4v) is 3.49. The van der Waals surface area contributed by atoms with E-state index in [-0.39, 0.29) is 17.9 Å². The van der Waals surface area contributed by atoms with Crippen molar-refractivity contribution in [3.63, 3.8) is 0 Å². The Hall–Kier alpha value is -1.75. The first-order chi connectivity index (χ1) is 10.5. The van der Waals surface area contributed by atoms with Gasteiger partial charge >= 0.3 is 0 Å². The zero-order valence-corrected chi connectivity index (χ0v) is 14.0. The summed E-state index contributed by atoms with van der Waals surface area (Å²) in [6, 6.07) is 7.68. The molecular weight excluding hydrogens is 296 g/mol. The first kappa shape index (κ1) is 16.6. The minimum absolute atomic E-state index is 0.0607. The van der Waals surface area contributed by atoms with Crippen LogP contribution in [0.4, 0.5) is 5.69 Å². The van der Waals surface area contributed by atoms with E-state index in [4.69, 9.17) is 0 Å². The van der Waals surface area contributed by atoms with Gasteiger partial charge in [-0.25, -0.2) is 0 Å². The molecule has 118 valence electrons. The maximum atomic E-state index is 12.3. The Morgan fingerprint density at radius 1 is 1.27 bits per heavy atom. The lowest BCUT2D eigenvalue weighted by Crippen LogP contribution is -2.47. The van der Waals surface area contributed by atoms with E-state index < -0.39 is 0 Å². The normalized spacial score (nSPS) is 21.9. The summed E-state index contributed by atoms with van der Waals surface area (Å²) in [7, 11) is 0. The zero-order chi connectivity index (χ0) is 16.1. The predicted octanol–water partition coefficient (Wildman–Crippen LogP) is 3.01. The Morgan fingerprint density at radius 2 is 1.95 bits per heavy atom. The van der Waals surface area contributed by atoms with Gasteiger partial charge in [0.2, 0.25) is 11.8 Å². The summed E-state index contributed by atoms with van der Waals surface area (Å²) in [5, 5.41) is 3.19. The van der Waals surface area contributed by atoms with Crippen molar-refractivity contribution in [3.8, 4) is 0 Å². The summed E-state index contributed by atoms with van der Waals surface area (Å²) in [6.07, 6.45) is 3.45. The first-order valence-corrected chi connectivity index (χ1v) is 8.50. The molecule has 1 aromatic rings. The number of carbonyl (C=O) groups is 2. The molecule has 1 aliphatic heterocycles. The van der Waals surface area contributed by atoms with Crippen molar-refractivity contribution < 1.29 is 9.59 Å². The summed E-state index contributed by atoms with van der Waals surface area (Å²) in [5.41, 5.74) is 1.70. The van der Waals surface area contributed by atoms with Crippen molar-refractivity contribution in [2.45, 2.75) is 32.1 Å². The summed E-state index contributed by atoms with van der Waals surface area (Å²) < 4.78 is 0. The van der Waals surface area contributed by atoms with Crippen molar-refractivity contribution in [1.82, 2.24) is 4.90 Å². The molecule has 0 saturated carbocycles. The van der Waals surface area contributed by atoms with E-state index in [1.54, 1.807) is 6.08 Å². The zero-order valence-electron chi connectivity index (χ0n) is 13.2. The maximum absolute atomic E-state index is 12.3. The van der Waals surface area contributed by atoms with E-state index in [2.05, 4.69) is 19.2 Å².